The first-order valence-corrected chi connectivity index (χ1v) is 14.5. The Labute approximate surface area is 245 Å². The molecule has 1 heterocycles. The average Bonchev–Trinajstić information content (AvgIpc) is 3.40. The molecule has 0 bridgehead atoms. The number of amides is 2. The van der Waals surface area contributed by atoms with Gasteiger partial charge in [0.05, 0.1) is 48.8 Å². The Balaban J connectivity index is 1.49. The van der Waals surface area contributed by atoms with Gasteiger partial charge in [0.2, 0.25) is 5.91 Å². The lowest BCUT2D eigenvalue weighted by Gasteiger charge is -2.17. The Morgan fingerprint density at radius 3 is 2.30 bits per heavy atom. The molecule has 0 spiro atoms. The summed E-state index contributed by atoms with van der Waals surface area (Å²) in [5.74, 6) is -1.81. The van der Waals surface area contributed by atoms with E-state index >= 15 is 0 Å². The second-order valence-corrected chi connectivity index (χ2v) is 12.2. The van der Waals surface area contributed by atoms with Gasteiger partial charge < -0.3 is 15.7 Å². The van der Waals surface area contributed by atoms with E-state index in [1.807, 2.05) is 6.92 Å². The quantitative estimate of drug-likeness (QED) is 0.198. The number of sulfone groups is 1. The summed E-state index contributed by atoms with van der Waals surface area (Å²) in [6, 6.07) is 13.4. The zero-order chi connectivity index (χ0) is 29.2. The molecule has 2 amide bonds. The van der Waals surface area contributed by atoms with E-state index in [1.165, 1.54) is 35.3 Å². The largest absolute Gasteiger partial charge is 0.506 e. The molecule has 0 aliphatic rings. The highest BCUT2D eigenvalue weighted by atomic mass is 35.5. The fourth-order valence-corrected chi connectivity index (χ4v) is 5.94. The van der Waals surface area contributed by atoms with Gasteiger partial charge in [-0.25, -0.2) is 13.1 Å². The number of phenolic OH excluding ortho intramolecular Hbond substituents is 1. The average molecular weight is 622 g/mol. The molecule has 1 atom stereocenters. The van der Waals surface area contributed by atoms with Crippen LogP contribution in [-0.4, -0.2) is 40.4 Å². The molecule has 13 heteroatoms. The van der Waals surface area contributed by atoms with E-state index in [0.717, 1.165) is 11.6 Å². The number of halogens is 3. The van der Waals surface area contributed by atoms with Crippen molar-refractivity contribution in [2.24, 2.45) is 0 Å². The summed E-state index contributed by atoms with van der Waals surface area (Å²) in [5, 5.41) is 19.0. The first-order chi connectivity index (χ1) is 18.9. The van der Waals surface area contributed by atoms with E-state index in [1.54, 1.807) is 37.3 Å². The second kappa shape index (κ2) is 11.9. The lowest BCUT2D eigenvalue weighted by atomic mass is 10.2. The van der Waals surface area contributed by atoms with Crippen molar-refractivity contribution in [1.29, 1.82) is 0 Å². The standard InChI is InChI=1S/C27H23Cl3N4O5S/c1-3-25(40(38,39)18-7-4-15(2)5-8-18)27(37)32-22-12-24(35)23(11-21(22)30)33-26(36)16-13-31-34(14-16)17-6-9-19(28)20(29)10-17/h4-14,25,35H,3H2,1-2H3,(H,32,37)(H,33,36). The van der Waals surface area contributed by atoms with E-state index in [2.05, 4.69) is 15.7 Å². The summed E-state index contributed by atoms with van der Waals surface area (Å²) in [6.45, 7) is 3.41. The highest BCUT2D eigenvalue weighted by Crippen LogP contribution is 2.35. The third-order valence-electron chi connectivity index (χ3n) is 5.99. The molecule has 0 fully saturated rings. The Kier molecular flexibility index (Phi) is 8.74. The lowest BCUT2D eigenvalue weighted by Crippen LogP contribution is -2.34. The molecule has 0 saturated heterocycles. The third kappa shape index (κ3) is 6.26. The molecule has 1 unspecified atom stereocenters. The maximum Gasteiger partial charge on any atom is 0.258 e. The molecule has 1 aromatic heterocycles. The minimum Gasteiger partial charge on any atom is -0.506 e. The Morgan fingerprint density at radius 1 is 0.950 bits per heavy atom. The summed E-state index contributed by atoms with van der Waals surface area (Å²) in [4.78, 5) is 25.8. The number of aromatic nitrogens is 2. The molecule has 3 N–H and O–H groups in total. The fourth-order valence-electron chi connectivity index (χ4n) is 3.81. The van der Waals surface area contributed by atoms with E-state index in [4.69, 9.17) is 34.8 Å². The number of hydrogen-bond acceptors (Lipinski definition) is 6. The van der Waals surface area contributed by atoms with Crippen molar-refractivity contribution in [3.63, 3.8) is 0 Å². The van der Waals surface area contributed by atoms with Crippen LogP contribution in [0, 0.1) is 6.92 Å². The van der Waals surface area contributed by atoms with E-state index < -0.39 is 32.7 Å². The normalized spacial score (nSPS) is 12.1. The highest BCUT2D eigenvalue weighted by Gasteiger charge is 2.33. The molecule has 9 nitrogen and oxygen atoms in total. The molecule has 4 aromatic rings. The van der Waals surface area contributed by atoms with Crippen LogP contribution in [0.4, 0.5) is 11.4 Å². The molecular weight excluding hydrogens is 599 g/mol. The van der Waals surface area contributed by atoms with Crippen molar-refractivity contribution >= 4 is 67.8 Å². The van der Waals surface area contributed by atoms with Gasteiger partial charge in [0.1, 0.15) is 11.0 Å². The topological polar surface area (TPSA) is 130 Å². The fraction of sp³-hybridized carbons (Fsp3) is 0.148. The number of rotatable bonds is 8. The maximum absolute atomic E-state index is 13.1. The van der Waals surface area contributed by atoms with Crippen molar-refractivity contribution in [3.8, 4) is 11.4 Å². The Hall–Kier alpha value is -3.57. The number of carbonyl (C=O) groups is 2. The molecular formula is C27H23Cl3N4O5S. The summed E-state index contributed by atoms with van der Waals surface area (Å²) >= 11 is 18.3. The number of nitrogens with one attached hydrogen (secondary N) is 2. The molecule has 0 radical (unpaired) electrons. The van der Waals surface area contributed by atoms with Gasteiger partial charge in [0.25, 0.3) is 5.91 Å². The summed E-state index contributed by atoms with van der Waals surface area (Å²) in [6.07, 6.45) is 2.79. The van der Waals surface area contributed by atoms with Gasteiger partial charge in [-0.2, -0.15) is 5.10 Å². The number of carbonyl (C=O) groups excluding carboxylic acids is 2. The van der Waals surface area contributed by atoms with Gasteiger partial charge in [0.15, 0.2) is 9.84 Å². The number of aryl methyl sites for hydroxylation is 1. The smallest absolute Gasteiger partial charge is 0.258 e. The van der Waals surface area contributed by atoms with Crippen molar-refractivity contribution in [3.05, 3.63) is 93.2 Å². The monoisotopic (exact) mass is 620 g/mol. The minimum absolute atomic E-state index is 0.00962. The van der Waals surface area contributed by atoms with Crippen LogP contribution in [0.25, 0.3) is 5.69 Å². The molecule has 0 aliphatic heterocycles. The zero-order valence-corrected chi connectivity index (χ0v) is 24.2. The predicted octanol–water partition coefficient (Wildman–Crippen LogP) is 6.29. The number of nitrogens with zero attached hydrogens (tertiary/aromatic N) is 2. The number of benzene rings is 3. The highest BCUT2D eigenvalue weighted by molar-refractivity contribution is 7.92. The first kappa shape index (κ1) is 29.4. The van der Waals surface area contributed by atoms with Gasteiger partial charge in [-0.1, -0.05) is 59.4 Å². The van der Waals surface area contributed by atoms with Gasteiger partial charge in [-0.05, 0) is 49.7 Å². The molecule has 3 aromatic carbocycles. The molecule has 40 heavy (non-hydrogen) atoms. The van der Waals surface area contributed by atoms with Crippen LogP contribution in [0.2, 0.25) is 15.1 Å². The van der Waals surface area contributed by atoms with Gasteiger partial charge in [-0.3, -0.25) is 9.59 Å². The number of aromatic hydroxyl groups is 1. The van der Waals surface area contributed by atoms with Crippen molar-refractivity contribution in [2.45, 2.75) is 30.4 Å². The van der Waals surface area contributed by atoms with Crippen LogP contribution in [0.1, 0.15) is 29.3 Å². The van der Waals surface area contributed by atoms with Crippen molar-refractivity contribution in [2.75, 3.05) is 10.6 Å². The Morgan fingerprint density at radius 2 is 1.65 bits per heavy atom. The van der Waals surface area contributed by atoms with Crippen LogP contribution in [0.3, 0.4) is 0 Å². The van der Waals surface area contributed by atoms with Gasteiger partial charge >= 0.3 is 0 Å². The Bertz CT molecular complexity index is 1710. The maximum atomic E-state index is 13.1. The lowest BCUT2D eigenvalue weighted by molar-refractivity contribution is -0.115. The zero-order valence-electron chi connectivity index (χ0n) is 21.2. The van der Waals surface area contributed by atoms with E-state index in [-0.39, 0.29) is 33.3 Å². The van der Waals surface area contributed by atoms with Crippen LogP contribution in [-0.2, 0) is 14.6 Å². The van der Waals surface area contributed by atoms with Crippen molar-refractivity contribution < 1.29 is 23.1 Å². The number of phenols is 1. The summed E-state index contributed by atoms with van der Waals surface area (Å²) in [5.41, 5.74) is 1.58. The summed E-state index contributed by atoms with van der Waals surface area (Å²) in [7, 11) is -3.98. The third-order valence-corrected chi connectivity index (χ3v) is 9.27. The van der Waals surface area contributed by atoms with Crippen LogP contribution in [0.5, 0.6) is 5.75 Å². The predicted molar refractivity (Wildman–Crippen MR) is 156 cm³/mol. The molecule has 4 rings (SSSR count). The number of hydrogen-bond donors (Lipinski definition) is 3. The molecule has 208 valence electrons. The minimum atomic E-state index is -3.98. The van der Waals surface area contributed by atoms with Gasteiger partial charge in [-0.15, -0.1) is 0 Å². The van der Waals surface area contributed by atoms with Gasteiger partial charge in [0, 0.05) is 12.3 Å². The second-order valence-electron chi connectivity index (χ2n) is 8.82. The molecule has 0 saturated carbocycles. The van der Waals surface area contributed by atoms with E-state index in [0.29, 0.717) is 15.7 Å². The van der Waals surface area contributed by atoms with Crippen molar-refractivity contribution in [1.82, 2.24) is 9.78 Å². The number of anilines is 2. The summed E-state index contributed by atoms with van der Waals surface area (Å²) < 4.78 is 27.6. The molecule has 0 aliphatic carbocycles. The van der Waals surface area contributed by atoms with E-state index in [9.17, 15) is 23.1 Å². The van der Waals surface area contributed by atoms with Crippen LogP contribution < -0.4 is 10.6 Å². The first-order valence-electron chi connectivity index (χ1n) is 11.9. The van der Waals surface area contributed by atoms with Crippen LogP contribution in [0.15, 0.2) is 71.9 Å². The SMILES string of the molecule is CCC(C(=O)Nc1cc(O)c(NC(=O)c2cnn(-c3ccc(Cl)c(Cl)c3)c2)cc1Cl)S(=O)(=O)c1ccc(C)cc1. The van der Waals surface area contributed by atoms with Crippen LogP contribution >= 0.6 is 34.8 Å².